The van der Waals surface area contributed by atoms with E-state index in [2.05, 4.69) is 5.32 Å². The number of rotatable bonds is 11. The largest absolute Gasteiger partial charge is 0.490 e. The first-order chi connectivity index (χ1) is 17.9. The number of anilines is 1. The van der Waals surface area contributed by atoms with E-state index in [9.17, 15) is 4.79 Å². The van der Waals surface area contributed by atoms with Gasteiger partial charge in [-0.15, -0.1) is 11.3 Å². The van der Waals surface area contributed by atoms with E-state index < -0.39 is 12.2 Å². The second kappa shape index (κ2) is 12.2. The summed E-state index contributed by atoms with van der Waals surface area (Å²) in [5, 5.41) is 11.4. The van der Waals surface area contributed by atoms with Crippen molar-refractivity contribution < 1.29 is 19.0 Å². The molecule has 4 aromatic rings. The van der Waals surface area contributed by atoms with Crippen molar-refractivity contribution in [3.63, 3.8) is 0 Å². The van der Waals surface area contributed by atoms with Gasteiger partial charge in [-0.2, -0.15) is 0 Å². The Morgan fingerprint density at radius 1 is 1.03 bits per heavy atom. The molecule has 0 spiro atoms. The van der Waals surface area contributed by atoms with Crippen LogP contribution in [-0.2, 0) is 4.74 Å². The Labute approximate surface area is 220 Å². The summed E-state index contributed by atoms with van der Waals surface area (Å²) in [5.41, 5.74) is 7.09. The molecule has 0 aliphatic carbocycles. The third-order valence-electron chi connectivity index (χ3n) is 5.51. The Bertz CT molecular complexity index is 1360. The number of ether oxygens (including phenoxy) is 3. The van der Waals surface area contributed by atoms with Gasteiger partial charge in [0.25, 0.3) is 0 Å². The van der Waals surface area contributed by atoms with Crippen LogP contribution in [0.4, 0.5) is 10.5 Å². The first-order valence-corrected chi connectivity index (χ1v) is 12.6. The lowest BCUT2D eigenvalue weighted by Crippen LogP contribution is -2.22. The molecule has 37 heavy (non-hydrogen) atoms. The van der Waals surface area contributed by atoms with Crippen molar-refractivity contribution in [3.05, 3.63) is 89.3 Å². The van der Waals surface area contributed by atoms with Crippen LogP contribution in [0, 0.1) is 5.41 Å². The fourth-order valence-corrected chi connectivity index (χ4v) is 4.56. The van der Waals surface area contributed by atoms with Crippen molar-refractivity contribution in [2.24, 2.45) is 5.73 Å². The zero-order valence-corrected chi connectivity index (χ0v) is 21.6. The summed E-state index contributed by atoms with van der Waals surface area (Å²) in [4.78, 5) is 15.4. The van der Waals surface area contributed by atoms with Crippen molar-refractivity contribution >= 4 is 39.0 Å². The maximum Gasteiger partial charge on any atom is 0.411 e. The second-order valence-electron chi connectivity index (χ2n) is 8.58. The van der Waals surface area contributed by atoms with E-state index in [1.54, 1.807) is 12.1 Å². The van der Waals surface area contributed by atoms with Crippen LogP contribution in [0.15, 0.2) is 78.9 Å². The second-order valence-corrected chi connectivity index (χ2v) is 9.66. The Morgan fingerprint density at radius 3 is 2.51 bits per heavy atom. The fraction of sp³-hybridized carbons (Fsp3) is 0.214. The summed E-state index contributed by atoms with van der Waals surface area (Å²) in [6.07, 6.45) is -1.16. The number of nitrogens with two attached hydrogens (primary N) is 1. The quantitative estimate of drug-likeness (QED) is 0.179. The SMILES string of the molecule is CN(C)CCOc1ccccc1NC(=O)OCC(Oc1cccc2sc(C(=N)N)cc12)c1ccccc1. The van der Waals surface area contributed by atoms with Gasteiger partial charge in [0.05, 0.1) is 10.6 Å². The van der Waals surface area contributed by atoms with E-state index in [4.69, 9.17) is 25.4 Å². The van der Waals surface area contributed by atoms with Crippen molar-refractivity contribution in [2.45, 2.75) is 6.10 Å². The standard InChI is InChI=1S/C28H30N4O4S/c1-32(2)15-16-34-23-12-7-6-11-21(23)31-28(33)35-18-24(19-9-4-3-5-10-19)36-22-13-8-14-25-20(22)17-26(37-25)27(29)30/h3-14,17,24H,15-16,18H2,1-2H3,(H3,29,30)(H,31,33). The van der Waals surface area contributed by atoms with Gasteiger partial charge in [0, 0.05) is 16.6 Å². The number of amides is 1. The van der Waals surface area contributed by atoms with Gasteiger partial charge in [-0.3, -0.25) is 10.7 Å². The number of fused-ring (bicyclic) bond motifs is 1. The molecular weight excluding hydrogens is 488 g/mol. The highest BCUT2D eigenvalue weighted by Crippen LogP contribution is 2.35. The summed E-state index contributed by atoms with van der Waals surface area (Å²) >= 11 is 1.43. The number of thiophene rings is 1. The average Bonchev–Trinajstić information content (AvgIpc) is 3.34. The first kappa shape index (κ1) is 26.0. The highest BCUT2D eigenvalue weighted by Gasteiger charge is 2.19. The first-order valence-electron chi connectivity index (χ1n) is 11.8. The molecule has 4 N–H and O–H groups in total. The molecular formula is C28H30N4O4S. The number of amidine groups is 1. The van der Waals surface area contributed by atoms with Crippen LogP contribution in [-0.4, -0.2) is 50.7 Å². The molecule has 0 saturated carbocycles. The van der Waals surface area contributed by atoms with Crippen molar-refractivity contribution in [3.8, 4) is 11.5 Å². The smallest absolute Gasteiger partial charge is 0.411 e. The summed E-state index contributed by atoms with van der Waals surface area (Å²) in [6.45, 7) is 1.23. The molecule has 1 atom stereocenters. The van der Waals surface area contributed by atoms with Crippen molar-refractivity contribution in [1.82, 2.24) is 4.90 Å². The van der Waals surface area contributed by atoms with Crippen molar-refractivity contribution in [1.29, 1.82) is 5.41 Å². The number of nitrogens with zero attached hydrogens (tertiary/aromatic N) is 1. The molecule has 0 bridgehead atoms. The number of likely N-dealkylation sites (N-methyl/N-ethyl adjacent to an activating group) is 1. The van der Waals surface area contributed by atoms with Gasteiger partial charge >= 0.3 is 6.09 Å². The zero-order chi connectivity index (χ0) is 26.2. The minimum Gasteiger partial charge on any atom is -0.490 e. The Balaban J connectivity index is 1.47. The minimum absolute atomic E-state index is 0.0118. The summed E-state index contributed by atoms with van der Waals surface area (Å²) in [6, 6.07) is 24.4. The molecule has 0 aliphatic rings. The Kier molecular flexibility index (Phi) is 8.60. The van der Waals surface area contributed by atoms with Gasteiger partial charge in [-0.25, -0.2) is 4.79 Å². The maximum absolute atomic E-state index is 12.7. The topological polar surface area (TPSA) is 110 Å². The number of benzene rings is 3. The summed E-state index contributed by atoms with van der Waals surface area (Å²) in [5.74, 6) is 1.21. The zero-order valence-electron chi connectivity index (χ0n) is 20.8. The number of carbonyl (C=O) groups excluding carboxylic acids is 1. The van der Waals surface area contributed by atoms with Crippen LogP contribution in [0.5, 0.6) is 11.5 Å². The number of nitrogens with one attached hydrogen (secondary N) is 2. The number of hydrogen-bond donors (Lipinski definition) is 3. The third kappa shape index (κ3) is 6.99. The molecule has 3 aromatic carbocycles. The van der Waals surface area contributed by atoms with Crippen LogP contribution in [0.25, 0.3) is 10.1 Å². The average molecular weight is 519 g/mol. The fourth-order valence-electron chi connectivity index (χ4n) is 3.62. The Morgan fingerprint density at radius 2 is 1.76 bits per heavy atom. The van der Waals surface area contributed by atoms with Gasteiger partial charge in [0.15, 0.2) is 6.10 Å². The molecule has 1 amide bonds. The van der Waals surface area contributed by atoms with Crippen LogP contribution >= 0.6 is 11.3 Å². The van der Waals surface area contributed by atoms with Gasteiger partial charge in [0.2, 0.25) is 0 Å². The van der Waals surface area contributed by atoms with Gasteiger partial charge in [-0.05, 0) is 50.0 Å². The molecule has 192 valence electrons. The van der Waals surface area contributed by atoms with E-state index in [1.807, 2.05) is 85.7 Å². The van der Waals surface area contributed by atoms with E-state index in [0.29, 0.717) is 28.7 Å². The highest BCUT2D eigenvalue weighted by molar-refractivity contribution is 7.20. The molecule has 1 unspecified atom stereocenters. The van der Waals surface area contributed by atoms with Gasteiger partial charge in [0.1, 0.15) is 30.5 Å². The van der Waals surface area contributed by atoms with Crippen LogP contribution in [0.1, 0.15) is 16.5 Å². The lowest BCUT2D eigenvalue weighted by Gasteiger charge is -2.20. The minimum atomic E-state index is -0.610. The molecule has 9 heteroatoms. The van der Waals surface area contributed by atoms with Crippen LogP contribution in [0.3, 0.4) is 0 Å². The lowest BCUT2D eigenvalue weighted by molar-refractivity contribution is 0.0909. The van der Waals surface area contributed by atoms with Crippen LogP contribution in [0.2, 0.25) is 0 Å². The summed E-state index contributed by atoms with van der Waals surface area (Å²) < 4.78 is 18.7. The number of nitrogen functional groups attached to an aromatic ring is 1. The molecule has 0 saturated heterocycles. The molecule has 1 aromatic heterocycles. The molecule has 0 aliphatic heterocycles. The normalized spacial score (nSPS) is 11.8. The molecule has 8 nitrogen and oxygen atoms in total. The third-order valence-corrected chi connectivity index (χ3v) is 6.65. The molecule has 1 heterocycles. The van der Waals surface area contributed by atoms with E-state index in [1.165, 1.54) is 11.3 Å². The molecule has 4 rings (SSSR count). The highest BCUT2D eigenvalue weighted by atomic mass is 32.1. The van der Waals surface area contributed by atoms with Crippen molar-refractivity contribution in [2.75, 3.05) is 39.2 Å². The predicted octanol–water partition coefficient (Wildman–Crippen LogP) is 5.49. The lowest BCUT2D eigenvalue weighted by atomic mass is 10.1. The molecule has 0 fully saturated rings. The van der Waals surface area contributed by atoms with E-state index >= 15 is 0 Å². The van der Waals surface area contributed by atoms with Gasteiger partial charge < -0.3 is 24.8 Å². The number of para-hydroxylation sites is 2. The Hall–Kier alpha value is -4.08. The number of carbonyl (C=O) groups is 1. The van der Waals surface area contributed by atoms with E-state index in [0.717, 1.165) is 22.2 Å². The van der Waals surface area contributed by atoms with Crippen LogP contribution < -0.4 is 20.5 Å². The molecule has 0 radical (unpaired) electrons. The summed E-state index contributed by atoms with van der Waals surface area (Å²) in [7, 11) is 3.94. The van der Waals surface area contributed by atoms with E-state index in [-0.39, 0.29) is 12.4 Å². The number of hydrogen-bond acceptors (Lipinski definition) is 7. The maximum atomic E-state index is 12.7. The van der Waals surface area contributed by atoms with Gasteiger partial charge in [-0.1, -0.05) is 48.5 Å². The predicted molar refractivity (Wildman–Crippen MR) is 148 cm³/mol. The monoisotopic (exact) mass is 518 g/mol.